The lowest BCUT2D eigenvalue weighted by molar-refractivity contribution is -0.118. The van der Waals surface area contributed by atoms with Crippen LogP contribution in [0.25, 0.3) is 0 Å². The van der Waals surface area contributed by atoms with Crippen LogP contribution in [-0.2, 0) is 4.79 Å². The Kier molecular flexibility index (Phi) is 3.09. The van der Waals surface area contributed by atoms with Gasteiger partial charge in [0.2, 0.25) is 0 Å². The Hall–Kier alpha value is -3.20. The molecular weight excluding hydrogens is 270 g/mol. The summed E-state index contributed by atoms with van der Waals surface area (Å²) >= 11 is 0. The highest BCUT2D eigenvalue weighted by molar-refractivity contribution is 5.96. The van der Waals surface area contributed by atoms with Crippen LogP contribution >= 0.6 is 0 Å². The van der Waals surface area contributed by atoms with Crippen molar-refractivity contribution >= 4 is 17.3 Å². The fourth-order valence-corrected chi connectivity index (χ4v) is 1.97. The van der Waals surface area contributed by atoms with E-state index in [0.717, 1.165) is 0 Å². The van der Waals surface area contributed by atoms with Crippen LogP contribution in [0.1, 0.15) is 5.56 Å². The molecule has 0 saturated heterocycles. The highest BCUT2D eigenvalue weighted by Gasteiger charge is 2.18. The zero-order valence-electron chi connectivity index (χ0n) is 10.9. The maximum Gasteiger partial charge on any atom is 0.262 e. The van der Waals surface area contributed by atoms with Crippen molar-refractivity contribution in [2.24, 2.45) is 0 Å². The summed E-state index contributed by atoms with van der Waals surface area (Å²) in [6.07, 6.45) is 0. The van der Waals surface area contributed by atoms with Crippen molar-refractivity contribution in [2.45, 2.75) is 0 Å². The average Bonchev–Trinajstić information content (AvgIpc) is 2.49. The number of hydrogen-bond donors (Lipinski definition) is 2. The zero-order valence-corrected chi connectivity index (χ0v) is 10.9. The van der Waals surface area contributed by atoms with Crippen molar-refractivity contribution < 1.29 is 14.3 Å². The van der Waals surface area contributed by atoms with Crippen LogP contribution in [-0.4, -0.2) is 12.5 Å². The Bertz CT molecular complexity index is 765. The number of nitrogens with two attached hydrogens (primary N) is 1. The second-order valence-electron chi connectivity index (χ2n) is 4.46. The first-order chi connectivity index (χ1) is 10.2. The maximum absolute atomic E-state index is 11.3. The van der Waals surface area contributed by atoms with E-state index in [1.165, 1.54) is 0 Å². The van der Waals surface area contributed by atoms with Crippen molar-refractivity contribution in [3.05, 3.63) is 42.0 Å². The van der Waals surface area contributed by atoms with Gasteiger partial charge in [-0.2, -0.15) is 5.26 Å². The number of anilines is 2. The first-order valence-corrected chi connectivity index (χ1v) is 6.20. The minimum Gasteiger partial charge on any atom is -0.481 e. The molecule has 0 saturated carbocycles. The minimum absolute atomic E-state index is 0.0309. The molecule has 2 aromatic carbocycles. The molecule has 1 aliphatic heterocycles. The number of nitrogen functional groups attached to an aromatic ring is 1. The Balaban J connectivity index is 1.93. The Labute approximate surface area is 120 Å². The molecule has 1 heterocycles. The van der Waals surface area contributed by atoms with Crippen LogP contribution in [0, 0.1) is 11.3 Å². The average molecular weight is 281 g/mol. The second-order valence-corrected chi connectivity index (χ2v) is 4.46. The molecule has 3 N–H and O–H groups in total. The summed E-state index contributed by atoms with van der Waals surface area (Å²) in [7, 11) is 0. The van der Waals surface area contributed by atoms with Gasteiger partial charge in [-0.15, -0.1) is 0 Å². The Morgan fingerprint density at radius 3 is 3.00 bits per heavy atom. The summed E-state index contributed by atoms with van der Waals surface area (Å²) in [6.45, 7) is -0.0309. The van der Waals surface area contributed by atoms with E-state index in [9.17, 15) is 4.79 Å². The van der Waals surface area contributed by atoms with Gasteiger partial charge in [0.1, 0.15) is 11.5 Å². The van der Waals surface area contributed by atoms with E-state index in [0.29, 0.717) is 34.2 Å². The smallest absolute Gasteiger partial charge is 0.262 e. The molecule has 0 fully saturated rings. The van der Waals surface area contributed by atoms with Gasteiger partial charge < -0.3 is 20.5 Å². The number of carbonyl (C=O) groups excluding carboxylic acids is 1. The lowest BCUT2D eigenvalue weighted by atomic mass is 10.2. The van der Waals surface area contributed by atoms with Crippen molar-refractivity contribution in [3.8, 4) is 23.3 Å². The monoisotopic (exact) mass is 281 g/mol. The van der Waals surface area contributed by atoms with Crippen LogP contribution < -0.4 is 20.5 Å². The van der Waals surface area contributed by atoms with Crippen molar-refractivity contribution in [2.75, 3.05) is 17.7 Å². The van der Waals surface area contributed by atoms with E-state index >= 15 is 0 Å². The first kappa shape index (κ1) is 12.8. The van der Waals surface area contributed by atoms with E-state index < -0.39 is 0 Å². The molecule has 104 valence electrons. The number of ether oxygens (including phenoxy) is 2. The minimum atomic E-state index is -0.232. The first-order valence-electron chi connectivity index (χ1n) is 6.20. The molecule has 1 aliphatic rings. The van der Waals surface area contributed by atoms with Gasteiger partial charge in [-0.1, -0.05) is 6.07 Å². The second kappa shape index (κ2) is 5.06. The summed E-state index contributed by atoms with van der Waals surface area (Å²) in [4.78, 5) is 11.3. The van der Waals surface area contributed by atoms with Gasteiger partial charge >= 0.3 is 0 Å². The number of nitriles is 1. The number of fused-ring (bicyclic) bond motifs is 1. The fourth-order valence-electron chi connectivity index (χ4n) is 1.97. The third kappa shape index (κ3) is 2.58. The molecule has 0 radical (unpaired) electrons. The highest BCUT2D eigenvalue weighted by atomic mass is 16.5. The largest absolute Gasteiger partial charge is 0.481 e. The molecule has 6 heteroatoms. The van der Waals surface area contributed by atoms with Gasteiger partial charge in [0.15, 0.2) is 12.4 Å². The van der Waals surface area contributed by atoms with Gasteiger partial charge in [-0.25, -0.2) is 0 Å². The van der Waals surface area contributed by atoms with Crippen molar-refractivity contribution in [1.82, 2.24) is 0 Å². The molecule has 3 rings (SSSR count). The summed E-state index contributed by atoms with van der Waals surface area (Å²) in [5.41, 5.74) is 7.29. The lowest BCUT2D eigenvalue weighted by Crippen LogP contribution is -2.25. The van der Waals surface area contributed by atoms with E-state index in [1.54, 1.807) is 36.4 Å². The maximum atomic E-state index is 11.3. The van der Waals surface area contributed by atoms with Gasteiger partial charge in [0.25, 0.3) is 5.91 Å². The number of nitrogens with zero attached hydrogens (tertiary/aromatic N) is 1. The highest BCUT2D eigenvalue weighted by Crippen LogP contribution is 2.38. The molecule has 6 nitrogen and oxygen atoms in total. The summed E-state index contributed by atoms with van der Waals surface area (Å²) in [5, 5.41) is 11.6. The van der Waals surface area contributed by atoms with Gasteiger partial charge in [-0.05, 0) is 18.2 Å². The Morgan fingerprint density at radius 2 is 2.19 bits per heavy atom. The van der Waals surface area contributed by atoms with E-state index in [4.69, 9.17) is 20.5 Å². The van der Waals surface area contributed by atoms with Crippen LogP contribution in [0.4, 0.5) is 11.4 Å². The predicted octanol–water partition coefficient (Wildman–Crippen LogP) is 2.26. The molecule has 0 aromatic heterocycles. The number of amides is 1. The van der Waals surface area contributed by atoms with E-state index in [-0.39, 0.29) is 12.5 Å². The SMILES string of the molecule is N#Cc1cccc(Oc2cc3c(cc2N)OCC(=O)N3)c1. The lowest BCUT2D eigenvalue weighted by Gasteiger charge is -2.19. The normalized spacial score (nSPS) is 12.6. The van der Waals surface area contributed by atoms with E-state index in [2.05, 4.69) is 5.32 Å². The van der Waals surface area contributed by atoms with Crippen molar-refractivity contribution in [1.29, 1.82) is 5.26 Å². The predicted molar refractivity (Wildman–Crippen MR) is 76.2 cm³/mol. The standard InChI is InChI=1S/C15H11N3O3/c16-7-9-2-1-3-10(4-9)21-13-6-12-14(5-11(13)17)20-8-15(19)18-12/h1-6H,8,17H2,(H,18,19). The number of rotatable bonds is 2. The zero-order chi connectivity index (χ0) is 14.8. The van der Waals surface area contributed by atoms with Gasteiger partial charge in [0.05, 0.1) is 23.0 Å². The van der Waals surface area contributed by atoms with Crippen LogP contribution in [0.2, 0.25) is 0 Å². The van der Waals surface area contributed by atoms with Crippen LogP contribution in [0.5, 0.6) is 17.2 Å². The summed E-state index contributed by atoms with van der Waals surface area (Å²) in [6, 6.07) is 11.9. The molecule has 21 heavy (non-hydrogen) atoms. The molecule has 1 amide bonds. The fraction of sp³-hybridized carbons (Fsp3) is 0.0667. The molecular formula is C15H11N3O3. The quantitative estimate of drug-likeness (QED) is 0.823. The topological polar surface area (TPSA) is 97.4 Å². The number of nitrogens with one attached hydrogen (secondary N) is 1. The molecule has 0 aliphatic carbocycles. The molecule has 0 spiro atoms. The van der Waals surface area contributed by atoms with Crippen LogP contribution in [0.3, 0.4) is 0 Å². The van der Waals surface area contributed by atoms with Gasteiger partial charge in [0, 0.05) is 12.1 Å². The third-order valence-corrected chi connectivity index (χ3v) is 2.94. The van der Waals surface area contributed by atoms with Crippen LogP contribution in [0.15, 0.2) is 36.4 Å². The molecule has 2 aromatic rings. The Morgan fingerprint density at radius 1 is 1.33 bits per heavy atom. The van der Waals surface area contributed by atoms with Crippen molar-refractivity contribution in [3.63, 3.8) is 0 Å². The summed E-state index contributed by atoms with van der Waals surface area (Å²) in [5.74, 6) is 1.15. The molecule has 0 atom stereocenters. The number of carbonyl (C=O) groups is 1. The van der Waals surface area contributed by atoms with Gasteiger partial charge in [-0.3, -0.25) is 4.79 Å². The molecule has 0 unspecified atom stereocenters. The summed E-state index contributed by atoms with van der Waals surface area (Å²) < 4.78 is 10.9. The van der Waals surface area contributed by atoms with E-state index in [1.807, 2.05) is 6.07 Å². The molecule has 0 bridgehead atoms. The third-order valence-electron chi connectivity index (χ3n) is 2.94. The number of benzene rings is 2. The number of hydrogen-bond acceptors (Lipinski definition) is 5.